The first kappa shape index (κ1) is 14.6. The maximum atomic E-state index is 11.7. The highest BCUT2D eigenvalue weighted by molar-refractivity contribution is 6.31. The number of halogens is 2. The molecule has 3 rings (SSSR count). The van der Waals surface area contributed by atoms with Crippen molar-refractivity contribution < 1.29 is 4.74 Å². The van der Waals surface area contributed by atoms with Gasteiger partial charge in [-0.25, -0.2) is 0 Å². The van der Waals surface area contributed by atoms with Crippen LogP contribution in [0.3, 0.4) is 0 Å². The predicted molar refractivity (Wildman–Crippen MR) is 85.5 cm³/mol. The Balaban J connectivity index is 2.10. The third-order valence-corrected chi connectivity index (χ3v) is 3.51. The van der Waals surface area contributed by atoms with Crippen LogP contribution in [-0.2, 0) is 0 Å². The molecule has 7 heteroatoms. The van der Waals surface area contributed by atoms with Crippen molar-refractivity contribution in [3.05, 3.63) is 67.2 Å². The van der Waals surface area contributed by atoms with Gasteiger partial charge in [0.05, 0.1) is 22.5 Å². The average Bonchev–Trinajstić information content (AvgIpc) is 2.49. The standard InChI is InChI=1S/C15H8Cl2N2O3/c16-7-1-2-10(12-13(18)15(21)14(12)20)11(4-7)22-9-3-8(17)5-19-6-9/h1-6H,18H2. The van der Waals surface area contributed by atoms with Crippen molar-refractivity contribution in [1.82, 2.24) is 4.98 Å². The summed E-state index contributed by atoms with van der Waals surface area (Å²) in [4.78, 5) is 26.9. The number of nitrogens with two attached hydrogens (primary N) is 1. The van der Waals surface area contributed by atoms with Crippen LogP contribution in [0.1, 0.15) is 0 Å². The van der Waals surface area contributed by atoms with Gasteiger partial charge in [0, 0.05) is 28.9 Å². The highest BCUT2D eigenvalue weighted by Gasteiger charge is 2.23. The highest BCUT2D eigenvalue weighted by atomic mass is 35.5. The third kappa shape index (κ3) is 2.45. The second-order valence-corrected chi connectivity index (χ2v) is 5.40. The Bertz CT molecular complexity index is 946. The van der Waals surface area contributed by atoms with Crippen LogP contribution in [-0.4, -0.2) is 4.98 Å². The van der Waals surface area contributed by atoms with Crippen molar-refractivity contribution >= 4 is 28.9 Å². The zero-order valence-corrected chi connectivity index (χ0v) is 12.5. The van der Waals surface area contributed by atoms with E-state index in [4.69, 9.17) is 33.7 Å². The zero-order valence-electron chi connectivity index (χ0n) is 11.0. The molecule has 1 aromatic heterocycles. The number of hydrogen-bond donors (Lipinski definition) is 1. The molecule has 2 aromatic carbocycles. The molecule has 0 aliphatic rings. The Hall–Kier alpha value is -2.37. The summed E-state index contributed by atoms with van der Waals surface area (Å²) in [5, 5.41) is 0.806. The molecule has 22 heavy (non-hydrogen) atoms. The van der Waals surface area contributed by atoms with E-state index in [0.29, 0.717) is 21.4 Å². The van der Waals surface area contributed by atoms with Crippen LogP contribution in [0.25, 0.3) is 11.1 Å². The van der Waals surface area contributed by atoms with E-state index in [1.807, 2.05) is 0 Å². The van der Waals surface area contributed by atoms with Crippen molar-refractivity contribution in [2.24, 2.45) is 0 Å². The number of rotatable bonds is 3. The molecule has 0 aliphatic heterocycles. The van der Waals surface area contributed by atoms with Gasteiger partial charge in [-0.3, -0.25) is 14.6 Å². The van der Waals surface area contributed by atoms with Crippen molar-refractivity contribution in [3.63, 3.8) is 0 Å². The van der Waals surface area contributed by atoms with E-state index in [-0.39, 0.29) is 17.0 Å². The zero-order chi connectivity index (χ0) is 15.9. The number of anilines is 1. The molecule has 0 saturated carbocycles. The quantitative estimate of drug-likeness (QED) is 0.744. The number of nitrogens with zero attached hydrogens (tertiary/aromatic N) is 1. The van der Waals surface area contributed by atoms with E-state index >= 15 is 0 Å². The molecule has 0 bridgehead atoms. The van der Waals surface area contributed by atoms with Gasteiger partial charge >= 0.3 is 0 Å². The lowest BCUT2D eigenvalue weighted by Gasteiger charge is -2.13. The average molecular weight is 335 g/mol. The number of benzene rings is 1. The van der Waals surface area contributed by atoms with E-state index < -0.39 is 10.9 Å². The monoisotopic (exact) mass is 334 g/mol. The van der Waals surface area contributed by atoms with Gasteiger partial charge in [0.1, 0.15) is 11.5 Å². The SMILES string of the molecule is Nc1c(-c2ccc(Cl)cc2Oc2cncc(Cl)c2)c(=O)c1=O. The lowest BCUT2D eigenvalue weighted by Crippen LogP contribution is -2.35. The lowest BCUT2D eigenvalue weighted by molar-refractivity contribution is 0.482. The topological polar surface area (TPSA) is 82.3 Å². The maximum Gasteiger partial charge on any atom is 0.249 e. The summed E-state index contributed by atoms with van der Waals surface area (Å²) in [7, 11) is 0. The van der Waals surface area contributed by atoms with Crippen molar-refractivity contribution in [3.8, 4) is 22.6 Å². The Kier molecular flexibility index (Phi) is 3.60. The molecule has 0 saturated heterocycles. The van der Waals surface area contributed by atoms with Crippen LogP contribution in [0.15, 0.2) is 46.2 Å². The summed E-state index contributed by atoms with van der Waals surface area (Å²) in [5.41, 5.74) is 4.71. The first-order valence-corrected chi connectivity index (χ1v) is 6.90. The number of hydrogen-bond acceptors (Lipinski definition) is 5. The molecule has 3 aromatic rings. The van der Waals surface area contributed by atoms with Gasteiger partial charge in [0.25, 0.3) is 0 Å². The van der Waals surface area contributed by atoms with Gasteiger partial charge < -0.3 is 10.5 Å². The predicted octanol–water partition coefficient (Wildman–Crippen LogP) is 3.03. The third-order valence-electron chi connectivity index (χ3n) is 3.07. The summed E-state index contributed by atoms with van der Waals surface area (Å²) in [5.74, 6) is 0.656. The van der Waals surface area contributed by atoms with Crippen LogP contribution in [0.4, 0.5) is 5.69 Å². The molecule has 0 fully saturated rings. The fraction of sp³-hybridized carbons (Fsp3) is 0. The first-order valence-electron chi connectivity index (χ1n) is 6.14. The summed E-state index contributed by atoms with van der Waals surface area (Å²) >= 11 is 11.8. The number of pyridine rings is 1. The lowest BCUT2D eigenvalue weighted by atomic mass is 9.98. The van der Waals surface area contributed by atoms with E-state index in [0.717, 1.165) is 0 Å². The van der Waals surface area contributed by atoms with Gasteiger partial charge in [0.2, 0.25) is 10.9 Å². The van der Waals surface area contributed by atoms with Crippen LogP contribution >= 0.6 is 23.2 Å². The van der Waals surface area contributed by atoms with Gasteiger partial charge in [-0.1, -0.05) is 23.2 Å². The minimum absolute atomic E-state index is 0.0820. The molecule has 0 unspecified atom stereocenters. The molecule has 110 valence electrons. The largest absolute Gasteiger partial charge is 0.455 e. The van der Waals surface area contributed by atoms with E-state index in [1.165, 1.54) is 18.5 Å². The van der Waals surface area contributed by atoms with Crippen LogP contribution in [0.2, 0.25) is 10.0 Å². The molecule has 2 N–H and O–H groups in total. The Morgan fingerprint density at radius 3 is 2.45 bits per heavy atom. The van der Waals surface area contributed by atoms with Gasteiger partial charge in [-0.15, -0.1) is 0 Å². The molecule has 0 radical (unpaired) electrons. The molecule has 0 spiro atoms. The molecule has 0 atom stereocenters. The molecule has 5 nitrogen and oxygen atoms in total. The second-order valence-electron chi connectivity index (χ2n) is 4.53. The Labute approximate surface area is 134 Å². The summed E-state index contributed by atoms with van der Waals surface area (Å²) in [6.45, 7) is 0. The number of aromatic nitrogens is 1. The normalized spacial score (nSPS) is 10.8. The maximum absolute atomic E-state index is 11.7. The fourth-order valence-corrected chi connectivity index (χ4v) is 2.36. The van der Waals surface area contributed by atoms with Crippen molar-refractivity contribution in [2.75, 3.05) is 5.73 Å². The summed E-state index contributed by atoms with van der Waals surface area (Å²) in [6.07, 6.45) is 2.92. The van der Waals surface area contributed by atoms with Crippen LogP contribution in [0, 0.1) is 0 Å². The smallest absolute Gasteiger partial charge is 0.249 e. The first-order chi connectivity index (χ1) is 10.5. The summed E-state index contributed by atoms with van der Waals surface area (Å²) in [6, 6.07) is 6.23. The van der Waals surface area contributed by atoms with Gasteiger partial charge in [0.15, 0.2) is 0 Å². The Morgan fingerprint density at radius 1 is 1.00 bits per heavy atom. The molecule has 0 amide bonds. The van der Waals surface area contributed by atoms with E-state index in [9.17, 15) is 9.59 Å². The van der Waals surface area contributed by atoms with Crippen LogP contribution in [0.5, 0.6) is 11.5 Å². The minimum atomic E-state index is -0.694. The molecule has 0 aliphatic carbocycles. The van der Waals surface area contributed by atoms with E-state index in [1.54, 1.807) is 18.2 Å². The Morgan fingerprint density at radius 2 is 1.77 bits per heavy atom. The highest BCUT2D eigenvalue weighted by Crippen LogP contribution is 2.36. The van der Waals surface area contributed by atoms with Crippen molar-refractivity contribution in [1.29, 1.82) is 0 Å². The van der Waals surface area contributed by atoms with Gasteiger partial charge in [-0.2, -0.15) is 0 Å². The summed E-state index contributed by atoms with van der Waals surface area (Å²) < 4.78 is 5.68. The van der Waals surface area contributed by atoms with E-state index in [2.05, 4.69) is 4.98 Å². The number of nitrogen functional groups attached to an aromatic ring is 1. The second kappa shape index (κ2) is 5.44. The number of ether oxygens (including phenoxy) is 1. The molecule has 1 heterocycles. The van der Waals surface area contributed by atoms with Crippen LogP contribution < -0.4 is 21.3 Å². The minimum Gasteiger partial charge on any atom is -0.455 e. The van der Waals surface area contributed by atoms with Gasteiger partial charge in [-0.05, 0) is 12.1 Å². The fourth-order valence-electron chi connectivity index (χ4n) is 2.04. The van der Waals surface area contributed by atoms with Crippen molar-refractivity contribution in [2.45, 2.75) is 0 Å². The molecular formula is C15H8Cl2N2O3. The molecular weight excluding hydrogens is 327 g/mol.